The van der Waals surface area contributed by atoms with E-state index in [0.717, 1.165) is 19.5 Å². The van der Waals surface area contributed by atoms with Gasteiger partial charge in [0.15, 0.2) is 0 Å². The number of benzene rings is 1. The second-order valence-electron chi connectivity index (χ2n) is 5.70. The molecule has 1 N–H and O–H groups in total. The Morgan fingerprint density at radius 1 is 1.22 bits per heavy atom. The second kappa shape index (κ2) is 6.35. The SMILES string of the molecule is CC(C)c1ccc(CN2CCCCC2CO)cc1. The molecule has 0 aliphatic carbocycles. The van der Waals surface area contributed by atoms with Crippen LogP contribution in [-0.2, 0) is 6.54 Å². The molecule has 18 heavy (non-hydrogen) atoms. The number of piperidine rings is 1. The van der Waals surface area contributed by atoms with Crippen molar-refractivity contribution >= 4 is 0 Å². The summed E-state index contributed by atoms with van der Waals surface area (Å²) in [6, 6.07) is 9.30. The van der Waals surface area contributed by atoms with Crippen molar-refractivity contribution in [3.8, 4) is 0 Å². The zero-order chi connectivity index (χ0) is 13.0. The first-order valence-corrected chi connectivity index (χ1v) is 7.14. The average Bonchev–Trinajstić information content (AvgIpc) is 2.40. The van der Waals surface area contributed by atoms with Gasteiger partial charge in [-0.05, 0) is 36.4 Å². The van der Waals surface area contributed by atoms with Crippen LogP contribution in [0.1, 0.15) is 50.2 Å². The summed E-state index contributed by atoms with van der Waals surface area (Å²) < 4.78 is 0. The Kier molecular flexibility index (Phi) is 4.79. The molecule has 2 rings (SSSR count). The summed E-state index contributed by atoms with van der Waals surface area (Å²) in [5.74, 6) is 0.597. The number of hydrogen-bond donors (Lipinski definition) is 1. The maximum Gasteiger partial charge on any atom is 0.0586 e. The van der Waals surface area contributed by atoms with E-state index in [0.29, 0.717) is 18.6 Å². The predicted molar refractivity (Wildman–Crippen MR) is 75.7 cm³/mol. The number of likely N-dealkylation sites (tertiary alicyclic amines) is 1. The van der Waals surface area contributed by atoms with Crippen molar-refractivity contribution in [3.05, 3.63) is 35.4 Å². The normalized spacial score (nSPS) is 21.4. The van der Waals surface area contributed by atoms with Crippen LogP contribution in [0.3, 0.4) is 0 Å². The summed E-state index contributed by atoms with van der Waals surface area (Å²) in [4.78, 5) is 2.42. The molecule has 1 atom stereocenters. The largest absolute Gasteiger partial charge is 0.395 e. The molecule has 1 aliphatic rings. The number of hydrogen-bond acceptors (Lipinski definition) is 2. The second-order valence-corrected chi connectivity index (χ2v) is 5.70. The van der Waals surface area contributed by atoms with E-state index in [4.69, 9.17) is 0 Å². The zero-order valence-corrected chi connectivity index (χ0v) is 11.6. The topological polar surface area (TPSA) is 23.5 Å². The summed E-state index contributed by atoms with van der Waals surface area (Å²) in [6.07, 6.45) is 3.66. The van der Waals surface area contributed by atoms with Crippen LogP contribution in [0.25, 0.3) is 0 Å². The monoisotopic (exact) mass is 247 g/mol. The maximum absolute atomic E-state index is 9.41. The molecule has 0 radical (unpaired) electrons. The van der Waals surface area contributed by atoms with E-state index < -0.39 is 0 Å². The van der Waals surface area contributed by atoms with Gasteiger partial charge in [0.25, 0.3) is 0 Å². The molecule has 100 valence electrons. The lowest BCUT2D eigenvalue weighted by atomic mass is 9.99. The van der Waals surface area contributed by atoms with Gasteiger partial charge in [0, 0.05) is 12.6 Å². The summed E-state index contributed by atoms with van der Waals surface area (Å²) >= 11 is 0. The van der Waals surface area contributed by atoms with Crippen molar-refractivity contribution in [1.82, 2.24) is 4.90 Å². The molecule has 2 heteroatoms. The van der Waals surface area contributed by atoms with Gasteiger partial charge in [-0.3, -0.25) is 4.90 Å². The number of nitrogens with zero attached hydrogens (tertiary/aromatic N) is 1. The molecule has 1 unspecified atom stereocenters. The Morgan fingerprint density at radius 2 is 1.94 bits per heavy atom. The van der Waals surface area contributed by atoms with Crippen molar-refractivity contribution < 1.29 is 5.11 Å². The van der Waals surface area contributed by atoms with Crippen LogP contribution < -0.4 is 0 Å². The molecule has 1 fully saturated rings. The third-order valence-electron chi connectivity index (χ3n) is 3.99. The van der Waals surface area contributed by atoms with E-state index in [1.54, 1.807) is 0 Å². The van der Waals surface area contributed by atoms with Gasteiger partial charge in [-0.15, -0.1) is 0 Å². The number of aliphatic hydroxyl groups is 1. The minimum atomic E-state index is 0.296. The summed E-state index contributed by atoms with van der Waals surface area (Å²) in [5.41, 5.74) is 2.76. The Hall–Kier alpha value is -0.860. The maximum atomic E-state index is 9.41. The van der Waals surface area contributed by atoms with Crippen LogP contribution in [0.15, 0.2) is 24.3 Å². The summed E-state index contributed by atoms with van der Waals surface area (Å²) in [5, 5.41) is 9.41. The van der Waals surface area contributed by atoms with Gasteiger partial charge in [-0.25, -0.2) is 0 Å². The fourth-order valence-corrected chi connectivity index (χ4v) is 2.72. The van der Waals surface area contributed by atoms with Gasteiger partial charge in [0.05, 0.1) is 6.61 Å². The van der Waals surface area contributed by atoms with Gasteiger partial charge in [0.1, 0.15) is 0 Å². The molecule has 0 saturated carbocycles. The fraction of sp³-hybridized carbons (Fsp3) is 0.625. The molecule has 0 bridgehead atoms. The molecule has 1 aromatic carbocycles. The Bertz CT molecular complexity index is 358. The highest BCUT2D eigenvalue weighted by molar-refractivity contribution is 5.24. The van der Waals surface area contributed by atoms with Crippen LogP contribution >= 0.6 is 0 Å². The van der Waals surface area contributed by atoms with Gasteiger partial charge < -0.3 is 5.11 Å². The van der Waals surface area contributed by atoms with Crippen LogP contribution in [-0.4, -0.2) is 29.2 Å². The van der Waals surface area contributed by atoms with E-state index in [1.165, 1.54) is 24.0 Å². The molecule has 1 heterocycles. The van der Waals surface area contributed by atoms with Crippen molar-refractivity contribution in [1.29, 1.82) is 0 Å². The van der Waals surface area contributed by atoms with Gasteiger partial charge in [0.2, 0.25) is 0 Å². The highest BCUT2D eigenvalue weighted by atomic mass is 16.3. The van der Waals surface area contributed by atoms with Crippen LogP contribution in [0.5, 0.6) is 0 Å². The van der Waals surface area contributed by atoms with Gasteiger partial charge in [-0.2, -0.15) is 0 Å². The lowest BCUT2D eigenvalue weighted by Crippen LogP contribution is -2.41. The quantitative estimate of drug-likeness (QED) is 0.883. The lowest BCUT2D eigenvalue weighted by molar-refractivity contribution is 0.0841. The standard InChI is InChI=1S/C16H25NO/c1-13(2)15-8-6-14(7-9-15)11-17-10-4-3-5-16(17)12-18/h6-9,13,16,18H,3-5,10-12H2,1-2H3. The van der Waals surface area contributed by atoms with Crippen LogP contribution in [0.4, 0.5) is 0 Å². The molecule has 1 saturated heterocycles. The van der Waals surface area contributed by atoms with Gasteiger partial charge in [-0.1, -0.05) is 44.5 Å². The summed E-state index contributed by atoms with van der Waals surface area (Å²) in [6.45, 7) is 6.84. The first-order chi connectivity index (χ1) is 8.70. The zero-order valence-electron chi connectivity index (χ0n) is 11.6. The Balaban J connectivity index is 1.99. The molecular weight excluding hydrogens is 222 g/mol. The van der Waals surface area contributed by atoms with E-state index in [1.807, 2.05) is 0 Å². The van der Waals surface area contributed by atoms with E-state index in [9.17, 15) is 5.11 Å². The van der Waals surface area contributed by atoms with Crippen molar-refractivity contribution in [2.45, 2.75) is 51.6 Å². The Labute approximate surface area is 111 Å². The lowest BCUT2D eigenvalue weighted by Gasteiger charge is -2.34. The smallest absolute Gasteiger partial charge is 0.0586 e. The molecule has 2 nitrogen and oxygen atoms in total. The van der Waals surface area contributed by atoms with Crippen LogP contribution in [0.2, 0.25) is 0 Å². The van der Waals surface area contributed by atoms with Gasteiger partial charge >= 0.3 is 0 Å². The first-order valence-electron chi connectivity index (χ1n) is 7.14. The van der Waals surface area contributed by atoms with Crippen LogP contribution in [0, 0.1) is 0 Å². The molecule has 0 amide bonds. The van der Waals surface area contributed by atoms with E-state index in [2.05, 4.69) is 43.0 Å². The van der Waals surface area contributed by atoms with Crippen molar-refractivity contribution in [2.24, 2.45) is 0 Å². The molecule has 1 aliphatic heterocycles. The Morgan fingerprint density at radius 3 is 2.56 bits per heavy atom. The summed E-state index contributed by atoms with van der Waals surface area (Å²) in [7, 11) is 0. The number of aliphatic hydroxyl groups excluding tert-OH is 1. The fourth-order valence-electron chi connectivity index (χ4n) is 2.72. The minimum absolute atomic E-state index is 0.296. The third-order valence-corrected chi connectivity index (χ3v) is 3.99. The molecule has 0 aromatic heterocycles. The van der Waals surface area contributed by atoms with E-state index in [-0.39, 0.29) is 0 Å². The highest BCUT2D eigenvalue weighted by Gasteiger charge is 2.21. The average molecular weight is 247 g/mol. The first kappa shape index (κ1) is 13.6. The highest BCUT2D eigenvalue weighted by Crippen LogP contribution is 2.20. The molecule has 0 spiro atoms. The third kappa shape index (κ3) is 3.33. The van der Waals surface area contributed by atoms with E-state index >= 15 is 0 Å². The predicted octanol–water partition coefficient (Wildman–Crippen LogP) is 3.16. The number of rotatable bonds is 4. The molecule has 1 aromatic rings. The van der Waals surface area contributed by atoms with Crippen molar-refractivity contribution in [2.75, 3.05) is 13.2 Å². The molecular formula is C16H25NO. The van der Waals surface area contributed by atoms with Crippen molar-refractivity contribution in [3.63, 3.8) is 0 Å². The minimum Gasteiger partial charge on any atom is -0.395 e.